The van der Waals surface area contributed by atoms with E-state index in [1.54, 1.807) is 24.0 Å². The predicted molar refractivity (Wildman–Crippen MR) is 61.5 cm³/mol. The molecule has 0 aliphatic carbocycles. The monoisotopic (exact) mass is 250 g/mol. The summed E-state index contributed by atoms with van der Waals surface area (Å²) >= 11 is 0. The Morgan fingerprint density at radius 3 is 3.11 bits per heavy atom. The van der Waals surface area contributed by atoms with Crippen molar-refractivity contribution in [3.05, 3.63) is 29.9 Å². The number of hydrogen-bond donors (Lipinski definition) is 2. The number of hydrogen-bond acceptors (Lipinski definition) is 6. The molecule has 2 aromatic rings. The highest BCUT2D eigenvalue weighted by atomic mass is 16.5. The van der Waals surface area contributed by atoms with E-state index in [-0.39, 0.29) is 12.5 Å². The number of carbonyl (C=O) groups is 1. The van der Waals surface area contributed by atoms with Gasteiger partial charge in [0.15, 0.2) is 5.82 Å². The van der Waals surface area contributed by atoms with Crippen LogP contribution >= 0.6 is 0 Å². The van der Waals surface area contributed by atoms with Crippen LogP contribution in [0.25, 0.3) is 0 Å². The van der Waals surface area contributed by atoms with Crippen molar-refractivity contribution in [2.45, 2.75) is 20.0 Å². The zero-order chi connectivity index (χ0) is 13.0. The molecule has 2 aromatic heterocycles. The number of rotatable bonds is 5. The molecule has 8 heteroatoms. The van der Waals surface area contributed by atoms with Gasteiger partial charge in [0.1, 0.15) is 5.69 Å². The Balaban J connectivity index is 1.90. The first-order valence-electron chi connectivity index (χ1n) is 5.48. The van der Waals surface area contributed by atoms with Crippen molar-refractivity contribution in [3.63, 3.8) is 0 Å². The van der Waals surface area contributed by atoms with Gasteiger partial charge in [-0.1, -0.05) is 5.16 Å². The Morgan fingerprint density at radius 1 is 1.61 bits per heavy atom. The summed E-state index contributed by atoms with van der Waals surface area (Å²) in [6, 6.07) is 0. The van der Waals surface area contributed by atoms with Crippen molar-refractivity contribution in [1.29, 1.82) is 0 Å². The lowest BCUT2D eigenvalue weighted by Crippen LogP contribution is -2.23. The van der Waals surface area contributed by atoms with Gasteiger partial charge < -0.3 is 20.1 Å². The molecule has 1 amide bonds. The summed E-state index contributed by atoms with van der Waals surface area (Å²) in [4.78, 5) is 19.7. The van der Waals surface area contributed by atoms with Crippen LogP contribution in [0.15, 0.2) is 17.0 Å². The molecule has 0 atom stereocenters. The van der Waals surface area contributed by atoms with Crippen LogP contribution < -0.4 is 11.1 Å². The van der Waals surface area contributed by atoms with E-state index in [1.165, 1.54) is 0 Å². The normalized spacial score (nSPS) is 10.6. The second-order valence-electron chi connectivity index (χ2n) is 3.70. The van der Waals surface area contributed by atoms with Gasteiger partial charge in [-0.05, 0) is 0 Å². The highest BCUT2D eigenvalue weighted by molar-refractivity contribution is 5.91. The molecular formula is C10H14N6O2. The number of aromatic nitrogens is 4. The number of nitrogens with one attached hydrogen (secondary N) is 1. The van der Waals surface area contributed by atoms with E-state index in [2.05, 4.69) is 20.4 Å². The lowest BCUT2D eigenvalue weighted by atomic mass is 10.4. The topological polar surface area (TPSA) is 112 Å². The third kappa shape index (κ3) is 2.92. The number of aryl methyl sites for hydroxylation is 1. The molecule has 0 unspecified atom stereocenters. The molecule has 18 heavy (non-hydrogen) atoms. The van der Waals surface area contributed by atoms with E-state index in [0.717, 1.165) is 0 Å². The maximum absolute atomic E-state index is 11.7. The largest absolute Gasteiger partial charge is 0.343 e. The molecule has 2 heterocycles. The Hall–Kier alpha value is -2.22. The Labute approximate surface area is 103 Å². The predicted octanol–water partition coefficient (Wildman–Crippen LogP) is -0.537. The van der Waals surface area contributed by atoms with E-state index in [4.69, 9.17) is 10.3 Å². The van der Waals surface area contributed by atoms with Crippen LogP contribution in [-0.4, -0.2) is 32.1 Å². The number of amides is 1. The van der Waals surface area contributed by atoms with Crippen LogP contribution in [0.2, 0.25) is 0 Å². The van der Waals surface area contributed by atoms with Gasteiger partial charge in [0.05, 0.1) is 12.9 Å². The molecule has 0 aliphatic heterocycles. The fourth-order valence-electron chi connectivity index (χ4n) is 1.41. The third-order valence-electron chi connectivity index (χ3n) is 2.23. The number of nitrogens with zero attached hydrogens (tertiary/aromatic N) is 4. The minimum atomic E-state index is -0.284. The first kappa shape index (κ1) is 12.2. The fourth-order valence-corrected chi connectivity index (χ4v) is 1.41. The minimum Gasteiger partial charge on any atom is -0.343 e. The van der Waals surface area contributed by atoms with E-state index in [1.807, 2.05) is 0 Å². The lowest BCUT2D eigenvalue weighted by molar-refractivity contribution is 0.0945. The summed E-state index contributed by atoms with van der Waals surface area (Å²) in [6.07, 6.45) is 3.21. The van der Waals surface area contributed by atoms with Gasteiger partial charge in [0, 0.05) is 26.2 Å². The number of imidazole rings is 1. The van der Waals surface area contributed by atoms with Crippen molar-refractivity contribution in [2.24, 2.45) is 5.73 Å². The molecule has 0 saturated carbocycles. The molecule has 8 nitrogen and oxygen atoms in total. The van der Waals surface area contributed by atoms with Crippen LogP contribution in [-0.2, 0) is 13.1 Å². The van der Waals surface area contributed by atoms with Crippen LogP contribution in [0.1, 0.15) is 22.2 Å². The summed E-state index contributed by atoms with van der Waals surface area (Å²) in [5.41, 5.74) is 5.74. The molecule has 0 fully saturated rings. The van der Waals surface area contributed by atoms with Gasteiger partial charge in [-0.2, -0.15) is 4.98 Å². The molecule has 0 aromatic carbocycles. The number of carbonyl (C=O) groups excluding carboxylic acids is 1. The van der Waals surface area contributed by atoms with Gasteiger partial charge in [0.2, 0.25) is 5.89 Å². The van der Waals surface area contributed by atoms with E-state index in [9.17, 15) is 4.79 Å². The first-order valence-corrected chi connectivity index (χ1v) is 5.48. The van der Waals surface area contributed by atoms with Crippen molar-refractivity contribution in [1.82, 2.24) is 25.0 Å². The molecular weight excluding hydrogens is 236 g/mol. The van der Waals surface area contributed by atoms with E-state index in [0.29, 0.717) is 30.5 Å². The molecule has 0 saturated heterocycles. The highest BCUT2D eigenvalue weighted by Gasteiger charge is 2.10. The standard InChI is InChI=1S/C10H14N6O2/c1-7-14-9(15-18-7)4-12-10(17)8-5-16(3-2-11)6-13-8/h5-6H,2-4,11H2,1H3,(H,12,17). The van der Waals surface area contributed by atoms with Crippen molar-refractivity contribution in [2.75, 3.05) is 6.54 Å². The van der Waals surface area contributed by atoms with Crippen LogP contribution in [0.5, 0.6) is 0 Å². The molecule has 96 valence electrons. The Kier molecular flexibility index (Phi) is 3.68. The molecule has 3 N–H and O–H groups in total. The van der Waals surface area contributed by atoms with Crippen LogP contribution in [0, 0.1) is 6.92 Å². The zero-order valence-corrected chi connectivity index (χ0v) is 9.96. The SMILES string of the molecule is Cc1nc(CNC(=O)c2cn(CCN)cn2)no1. The Morgan fingerprint density at radius 2 is 2.44 bits per heavy atom. The average Bonchev–Trinajstić information content (AvgIpc) is 2.96. The summed E-state index contributed by atoms with van der Waals surface area (Å²) in [5, 5.41) is 6.33. The summed E-state index contributed by atoms with van der Waals surface area (Å²) in [7, 11) is 0. The fraction of sp³-hybridized carbons (Fsp3) is 0.400. The van der Waals surface area contributed by atoms with Crippen molar-refractivity contribution in [3.8, 4) is 0 Å². The highest BCUT2D eigenvalue weighted by Crippen LogP contribution is 1.98. The molecule has 0 aliphatic rings. The van der Waals surface area contributed by atoms with Crippen molar-refractivity contribution >= 4 is 5.91 Å². The summed E-state index contributed by atoms with van der Waals surface area (Å²) in [5.74, 6) is 0.613. The molecule has 0 spiro atoms. The maximum atomic E-state index is 11.7. The second-order valence-corrected chi connectivity index (χ2v) is 3.70. The summed E-state index contributed by atoms with van der Waals surface area (Å²) < 4.78 is 6.55. The maximum Gasteiger partial charge on any atom is 0.271 e. The molecule has 0 bridgehead atoms. The first-order chi connectivity index (χ1) is 8.69. The molecule has 0 radical (unpaired) electrons. The van der Waals surface area contributed by atoms with Crippen LogP contribution in [0.4, 0.5) is 0 Å². The second kappa shape index (κ2) is 5.41. The Bertz CT molecular complexity index is 532. The summed E-state index contributed by atoms with van der Waals surface area (Å²) in [6.45, 7) is 3.02. The zero-order valence-electron chi connectivity index (χ0n) is 9.96. The van der Waals surface area contributed by atoms with Gasteiger partial charge in [-0.3, -0.25) is 4.79 Å². The quantitative estimate of drug-likeness (QED) is 0.737. The number of nitrogens with two attached hydrogens (primary N) is 1. The smallest absolute Gasteiger partial charge is 0.271 e. The molecule has 2 rings (SSSR count). The minimum absolute atomic E-state index is 0.208. The van der Waals surface area contributed by atoms with Gasteiger partial charge in [-0.15, -0.1) is 0 Å². The average molecular weight is 250 g/mol. The van der Waals surface area contributed by atoms with Crippen LogP contribution in [0.3, 0.4) is 0 Å². The third-order valence-corrected chi connectivity index (χ3v) is 2.23. The lowest BCUT2D eigenvalue weighted by Gasteiger charge is -1.98. The van der Waals surface area contributed by atoms with Gasteiger partial charge >= 0.3 is 0 Å². The van der Waals surface area contributed by atoms with Gasteiger partial charge in [0.25, 0.3) is 5.91 Å². The van der Waals surface area contributed by atoms with Crippen molar-refractivity contribution < 1.29 is 9.32 Å². The van der Waals surface area contributed by atoms with E-state index < -0.39 is 0 Å². The van der Waals surface area contributed by atoms with E-state index >= 15 is 0 Å². The van der Waals surface area contributed by atoms with Gasteiger partial charge in [-0.25, -0.2) is 4.98 Å².